The number of methoxy groups -OCH3 is 1. The lowest BCUT2D eigenvalue weighted by Crippen LogP contribution is -2.21. The zero-order chi connectivity index (χ0) is 13.9. The van der Waals surface area contributed by atoms with Gasteiger partial charge in [-0.15, -0.1) is 0 Å². The van der Waals surface area contributed by atoms with Crippen LogP contribution in [0.4, 0.5) is 5.69 Å². The molecule has 2 heterocycles. The van der Waals surface area contributed by atoms with Gasteiger partial charge in [0.1, 0.15) is 6.61 Å². The van der Waals surface area contributed by atoms with Gasteiger partial charge in [-0.2, -0.15) is 0 Å². The van der Waals surface area contributed by atoms with E-state index < -0.39 is 5.97 Å². The Bertz CT molecular complexity index is 644. The smallest absolute Gasteiger partial charge is 0.340 e. The Balaban J connectivity index is 2.16. The van der Waals surface area contributed by atoms with Crippen molar-refractivity contribution in [3.05, 3.63) is 36.3 Å². The zero-order valence-corrected chi connectivity index (χ0v) is 10.9. The van der Waals surface area contributed by atoms with Crippen molar-refractivity contribution in [2.75, 3.05) is 25.6 Å². The van der Waals surface area contributed by atoms with E-state index in [4.69, 9.17) is 9.47 Å². The third-order valence-corrected chi connectivity index (χ3v) is 3.05. The fourth-order valence-electron chi connectivity index (χ4n) is 2.16. The van der Waals surface area contributed by atoms with Gasteiger partial charge in [0.25, 0.3) is 0 Å². The van der Waals surface area contributed by atoms with Gasteiger partial charge in [-0.1, -0.05) is 0 Å². The average Bonchev–Trinajstić information content (AvgIpc) is 2.54. The number of anilines is 1. The molecule has 0 amide bonds. The van der Waals surface area contributed by atoms with E-state index in [1.807, 2.05) is 0 Å². The van der Waals surface area contributed by atoms with Gasteiger partial charge in [-0.3, -0.25) is 9.97 Å². The molecule has 0 bridgehead atoms. The van der Waals surface area contributed by atoms with Crippen LogP contribution >= 0.6 is 0 Å². The maximum absolute atomic E-state index is 11.8. The zero-order valence-electron chi connectivity index (χ0n) is 10.9. The quantitative estimate of drug-likeness (QED) is 0.839. The summed E-state index contributed by atoms with van der Waals surface area (Å²) < 4.78 is 10.5. The predicted molar refractivity (Wildman–Crippen MR) is 72.8 cm³/mol. The van der Waals surface area contributed by atoms with Crippen molar-refractivity contribution in [2.45, 2.75) is 0 Å². The summed E-state index contributed by atoms with van der Waals surface area (Å²) in [5.74, 6) is 0.213. The minimum Gasteiger partial charge on any atom is -0.489 e. The van der Waals surface area contributed by atoms with Crippen molar-refractivity contribution in [2.24, 2.45) is 0 Å². The normalized spacial score (nSPS) is 12.8. The Morgan fingerprint density at radius 2 is 2.30 bits per heavy atom. The molecule has 0 saturated carbocycles. The van der Waals surface area contributed by atoms with Crippen molar-refractivity contribution in [1.29, 1.82) is 0 Å². The molecule has 1 aliphatic rings. The second-order valence-corrected chi connectivity index (χ2v) is 4.22. The Morgan fingerprint density at radius 3 is 3.05 bits per heavy atom. The summed E-state index contributed by atoms with van der Waals surface area (Å²) >= 11 is 0. The average molecular weight is 271 g/mol. The third-order valence-electron chi connectivity index (χ3n) is 3.05. The number of rotatable bonds is 2. The second kappa shape index (κ2) is 5.16. The van der Waals surface area contributed by atoms with E-state index in [2.05, 4.69) is 15.3 Å². The van der Waals surface area contributed by atoms with Crippen LogP contribution in [0.1, 0.15) is 10.4 Å². The molecule has 1 aliphatic heterocycles. The molecule has 20 heavy (non-hydrogen) atoms. The van der Waals surface area contributed by atoms with Gasteiger partial charge in [0.2, 0.25) is 0 Å². The van der Waals surface area contributed by atoms with Gasteiger partial charge < -0.3 is 14.8 Å². The molecule has 0 saturated heterocycles. The lowest BCUT2D eigenvalue weighted by molar-refractivity contribution is 0.0601. The van der Waals surface area contributed by atoms with Crippen LogP contribution in [0.25, 0.3) is 11.3 Å². The molecule has 102 valence electrons. The Hall–Kier alpha value is -2.63. The lowest BCUT2D eigenvalue weighted by Gasteiger charge is -2.23. The number of carbonyl (C=O) groups excluding carboxylic acids is 1. The highest BCUT2D eigenvalue weighted by Gasteiger charge is 2.23. The fourth-order valence-corrected chi connectivity index (χ4v) is 2.16. The molecule has 1 N–H and O–H groups in total. The molecule has 1 aromatic carbocycles. The van der Waals surface area contributed by atoms with Crippen molar-refractivity contribution >= 4 is 11.7 Å². The number of hydrogen-bond donors (Lipinski definition) is 1. The number of esters is 1. The number of fused-ring (bicyclic) bond motifs is 1. The molecule has 0 unspecified atom stereocenters. The van der Waals surface area contributed by atoms with Crippen LogP contribution < -0.4 is 10.1 Å². The van der Waals surface area contributed by atoms with Crippen molar-refractivity contribution in [3.63, 3.8) is 0 Å². The maximum Gasteiger partial charge on any atom is 0.340 e. The predicted octanol–water partition coefficient (Wildman–Crippen LogP) is 1.73. The largest absolute Gasteiger partial charge is 0.489 e. The van der Waals surface area contributed by atoms with E-state index in [0.29, 0.717) is 35.8 Å². The minimum absolute atomic E-state index is 0.398. The molecule has 0 aliphatic carbocycles. The van der Waals surface area contributed by atoms with Gasteiger partial charge >= 0.3 is 5.97 Å². The van der Waals surface area contributed by atoms with Crippen LogP contribution in [0.2, 0.25) is 0 Å². The van der Waals surface area contributed by atoms with E-state index in [9.17, 15) is 4.79 Å². The Kier molecular flexibility index (Phi) is 3.20. The molecule has 0 atom stereocenters. The number of nitrogens with one attached hydrogen (secondary N) is 1. The summed E-state index contributed by atoms with van der Waals surface area (Å²) in [4.78, 5) is 20.1. The van der Waals surface area contributed by atoms with E-state index >= 15 is 0 Å². The van der Waals surface area contributed by atoms with Crippen molar-refractivity contribution in [3.8, 4) is 17.0 Å². The SMILES string of the molecule is COC(=O)c1ccc(-c2cnccn2)c2c1NCCO2. The summed E-state index contributed by atoms with van der Waals surface area (Å²) in [5, 5.41) is 3.18. The van der Waals surface area contributed by atoms with Crippen molar-refractivity contribution in [1.82, 2.24) is 9.97 Å². The highest BCUT2D eigenvalue weighted by atomic mass is 16.5. The third kappa shape index (κ3) is 2.05. The summed E-state index contributed by atoms with van der Waals surface area (Å²) in [6, 6.07) is 3.50. The van der Waals surface area contributed by atoms with Crippen LogP contribution in [0.15, 0.2) is 30.7 Å². The first-order valence-corrected chi connectivity index (χ1v) is 6.19. The molecule has 6 heteroatoms. The highest BCUT2D eigenvalue weighted by molar-refractivity contribution is 5.99. The Morgan fingerprint density at radius 1 is 1.40 bits per heavy atom. The first kappa shape index (κ1) is 12.4. The molecular weight excluding hydrogens is 258 g/mol. The number of ether oxygens (including phenoxy) is 2. The summed E-state index contributed by atoms with van der Waals surface area (Å²) in [7, 11) is 1.36. The second-order valence-electron chi connectivity index (χ2n) is 4.22. The summed E-state index contributed by atoms with van der Waals surface area (Å²) in [5.41, 5.74) is 2.60. The van der Waals surface area contributed by atoms with Crippen LogP contribution in [-0.4, -0.2) is 36.2 Å². The highest BCUT2D eigenvalue weighted by Crippen LogP contribution is 2.39. The van der Waals surface area contributed by atoms with Gasteiger partial charge in [0.15, 0.2) is 5.75 Å². The van der Waals surface area contributed by atoms with E-state index in [1.165, 1.54) is 7.11 Å². The van der Waals surface area contributed by atoms with E-state index in [0.717, 1.165) is 5.56 Å². The van der Waals surface area contributed by atoms with Gasteiger partial charge in [-0.05, 0) is 12.1 Å². The fraction of sp³-hybridized carbons (Fsp3) is 0.214. The molecular formula is C14H13N3O3. The number of carbonyl (C=O) groups is 1. The minimum atomic E-state index is -0.398. The topological polar surface area (TPSA) is 73.3 Å². The molecule has 2 aromatic rings. The van der Waals surface area contributed by atoms with Crippen LogP contribution in [0.3, 0.4) is 0 Å². The number of nitrogens with zero attached hydrogens (tertiary/aromatic N) is 2. The number of benzene rings is 1. The molecule has 0 spiro atoms. The number of hydrogen-bond acceptors (Lipinski definition) is 6. The standard InChI is InChI=1S/C14H13N3O3/c1-19-14(18)10-3-2-9(11-8-15-4-5-16-11)13-12(10)17-6-7-20-13/h2-5,8,17H,6-7H2,1H3. The van der Waals surface area contributed by atoms with Gasteiger partial charge in [0.05, 0.1) is 30.3 Å². The van der Waals surface area contributed by atoms with E-state index in [1.54, 1.807) is 30.7 Å². The number of aromatic nitrogens is 2. The molecule has 6 nitrogen and oxygen atoms in total. The molecule has 3 rings (SSSR count). The lowest BCUT2D eigenvalue weighted by atomic mass is 10.0. The maximum atomic E-state index is 11.8. The first-order valence-electron chi connectivity index (χ1n) is 6.19. The molecule has 0 radical (unpaired) electrons. The van der Waals surface area contributed by atoms with Gasteiger partial charge in [0, 0.05) is 24.5 Å². The van der Waals surface area contributed by atoms with Crippen LogP contribution in [0.5, 0.6) is 5.75 Å². The Labute approximate surface area is 115 Å². The van der Waals surface area contributed by atoms with Gasteiger partial charge in [-0.25, -0.2) is 4.79 Å². The molecule has 0 fully saturated rings. The monoisotopic (exact) mass is 271 g/mol. The summed E-state index contributed by atoms with van der Waals surface area (Å²) in [6.45, 7) is 1.17. The first-order chi connectivity index (χ1) is 9.81. The van der Waals surface area contributed by atoms with Crippen LogP contribution in [-0.2, 0) is 4.74 Å². The van der Waals surface area contributed by atoms with Crippen molar-refractivity contribution < 1.29 is 14.3 Å². The van der Waals surface area contributed by atoms with E-state index in [-0.39, 0.29) is 0 Å². The van der Waals surface area contributed by atoms with Crippen LogP contribution in [0, 0.1) is 0 Å². The molecule has 1 aromatic heterocycles. The summed E-state index contributed by atoms with van der Waals surface area (Å²) in [6.07, 6.45) is 4.88.